The van der Waals surface area contributed by atoms with Crippen molar-refractivity contribution < 1.29 is 9.18 Å². The largest absolute Gasteiger partial charge is 0.322 e. The molecule has 3 aromatic rings. The highest BCUT2D eigenvalue weighted by Gasteiger charge is 2.13. The lowest BCUT2D eigenvalue weighted by molar-refractivity contribution is 0.102. The first-order valence-electron chi connectivity index (χ1n) is 6.72. The zero-order chi connectivity index (χ0) is 15.7. The van der Waals surface area contributed by atoms with E-state index in [1.165, 1.54) is 28.8 Å². The van der Waals surface area contributed by atoms with Crippen LogP contribution < -0.4 is 10.9 Å². The smallest absolute Gasteiger partial charge is 0.256 e. The van der Waals surface area contributed by atoms with Crippen molar-refractivity contribution in [2.75, 3.05) is 5.32 Å². The molecular formula is C17H13FN2O2. The molecule has 0 aliphatic rings. The number of aromatic nitrogens is 1. The Hall–Kier alpha value is -2.95. The van der Waals surface area contributed by atoms with Crippen LogP contribution >= 0.6 is 0 Å². The predicted octanol–water partition coefficient (Wildman–Crippen LogP) is 2.93. The lowest BCUT2D eigenvalue weighted by Crippen LogP contribution is -2.21. The summed E-state index contributed by atoms with van der Waals surface area (Å²) in [5.41, 5.74) is 1.00. The van der Waals surface area contributed by atoms with Crippen molar-refractivity contribution >= 4 is 22.5 Å². The third kappa shape index (κ3) is 2.48. The molecule has 0 radical (unpaired) electrons. The second-order valence-corrected chi connectivity index (χ2v) is 4.94. The summed E-state index contributed by atoms with van der Waals surface area (Å²) in [6, 6.07) is 14.0. The number of benzene rings is 2. The van der Waals surface area contributed by atoms with Crippen molar-refractivity contribution in [2.24, 2.45) is 7.05 Å². The molecule has 5 heteroatoms. The molecule has 0 saturated heterocycles. The second kappa shape index (κ2) is 5.44. The molecule has 0 aliphatic carbocycles. The van der Waals surface area contributed by atoms with Gasteiger partial charge in [-0.15, -0.1) is 0 Å². The van der Waals surface area contributed by atoms with E-state index in [1.807, 2.05) is 0 Å². The predicted molar refractivity (Wildman–Crippen MR) is 83.5 cm³/mol. The van der Waals surface area contributed by atoms with E-state index in [-0.39, 0.29) is 11.1 Å². The summed E-state index contributed by atoms with van der Waals surface area (Å²) < 4.78 is 14.7. The van der Waals surface area contributed by atoms with Crippen molar-refractivity contribution in [2.45, 2.75) is 0 Å². The Balaban J connectivity index is 2.08. The first kappa shape index (κ1) is 14.0. The van der Waals surface area contributed by atoms with E-state index in [0.29, 0.717) is 16.6 Å². The highest BCUT2D eigenvalue weighted by molar-refractivity contribution is 6.12. The van der Waals surface area contributed by atoms with Gasteiger partial charge in [-0.05, 0) is 24.3 Å². The Morgan fingerprint density at radius 1 is 1.09 bits per heavy atom. The number of pyridine rings is 1. The van der Waals surface area contributed by atoms with Gasteiger partial charge in [0.05, 0.1) is 11.1 Å². The van der Waals surface area contributed by atoms with Crippen LogP contribution in [0.3, 0.4) is 0 Å². The fourth-order valence-corrected chi connectivity index (χ4v) is 2.36. The summed E-state index contributed by atoms with van der Waals surface area (Å²) in [6.07, 6.45) is 0. The van der Waals surface area contributed by atoms with Crippen LogP contribution in [-0.2, 0) is 7.05 Å². The first-order valence-corrected chi connectivity index (χ1v) is 6.72. The van der Waals surface area contributed by atoms with Crippen LogP contribution in [0.15, 0.2) is 59.4 Å². The van der Waals surface area contributed by atoms with E-state index >= 15 is 0 Å². The summed E-state index contributed by atoms with van der Waals surface area (Å²) in [7, 11) is 1.65. The Labute approximate surface area is 125 Å². The molecule has 0 aliphatic heterocycles. The molecule has 0 bridgehead atoms. The van der Waals surface area contributed by atoms with Gasteiger partial charge in [-0.2, -0.15) is 0 Å². The molecule has 1 amide bonds. The molecule has 2 aromatic carbocycles. The lowest BCUT2D eigenvalue weighted by Gasteiger charge is -2.10. The summed E-state index contributed by atoms with van der Waals surface area (Å²) in [6.45, 7) is 0. The number of nitrogens with zero attached hydrogens (tertiary/aromatic N) is 1. The van der Waals surface area contributed by atoms with E-state index in [1.54, 1.807) is 37.4 Å². The molecule has 110 valence electrons. The maximum Gasteiger partial charge on any atom is 0.256 e. The molecule has 1 aromatic heterocycles. The Bertz CT molecular complexity index is 931. The number of carbonyl (C=O) groups excluding carboxylic acids is 1. The molecular weight excluding hydrogens is 283 g/mol. The minimum absolute atomic E-state index is 0.267. The van der Waals surface area contributed by atoms with E-state index in [2.05, 4.69) is 5.32 Å². The van der Waals surface area contributed by atoms with Crippen molar-refractivity contribution in [1.82, 2.24) is 4.57 Å². The summed E-state index contributed by atoms with van der Waals surface area (Å²) >= 11 is 0. The third-order valence-corrected chi connectivity index (χ3v) is 3.48. The van der Waals surface area contributed by atoms with Gasteiger partial charge in [0.15, 0.2) is 0 Å². The van der Waals surface area contributed by atoms with Gasteiger partial charge >= 0.3 is 0 Å². The van der Waals surface area contributed by atoms with Crippen LogP contribution in [0.1, 0.15) is 10.4 Å². The van der Waals surface area contributed by atoms with E-state index in [0.717, 1.165) is 0 Å². The standard InChI is InChI=1S/C17H13FN2O2/c1-20-15-8-3-2-7-13(15)14(10-16(20)21)17(22)19-12-6-4-5-11(18)9-12/h2-10H,1H3,(H,19,22). The molecule has 1 N–H and O–H groups in total. The van der Waals surface area contributed by atoms with Crippen molar-refractivity contribution in [3.05, 3.63) is 76.3 Å². The van der Waals surface area contributed by atoms with Gasteiger partial charge in [-0.3, -0.25) is 9.59 Å². The highest BCUT2D eigenvalue weighted by atomic mass is 19.1. The van der Waals surface area contributed by atoms with Gasteiger partial charge in [0.25, 0.3) is 11.5 Å². The molecule has 0 atom stereocenters. The van der Waals surface area contributed by atoms with Crippen LogP contribution in [0.5, 0.6) is 0 Å². The van der Waals surface area contributed by atoms with Crippen LogP contribution in [0.4, 0.5) is 10.1 Å². The Kier molecular flexibility index (Phi) is 3.47. The van der Waals surface area contributed by atoms with Gasteiger partial charge in [0.2, 0.25) is 0 Å². The van der Waals surface area contributed by atoms with Crippen molar-refractivity contribution in [3.63, 3.8) is 0 Å². The fourth-order valence-electron chi connectivity index (χ4n) is 2.36. The number of carbonyl (C=O) groups is 1. The number of hydrogen-bond acceptors (Lipinski definition) is 2. The van der Waals surface area contributed by atoms with Crippen LogP contribution in [0.25, 0.3) is 10.9 Å². The number of fused-ring (bicyclic) bond motifs is 1. The maximum absolute atomic E-state index is 13.2. The van der Waals surface area contributed by atoms with Crippen molar-refractivity contribution in [3.8, 4) is 0 Å². The zero-order valence-electron chi connectivity index (χ0n) is 11.8. The second-order valence-electron chi connectivity index (χ2n) is 4.94. The van der Waals surface area contributed by atoms with E-state index < -0.39 is 11.7 Å². The van der Waals surface area contributed by atoms with Gasteiger partial charge in [-0.25, -0.2) is 4.39 Å². The molecule has 0 fully saturated rings. The topological polar surface area (TPSA) is 51.1 Å². The number of rotatable bonds is 2. The third-order valence-electron chi connectivity index (χ3n) is 3.48. The summed E-state index contributed by atoms with van der Waals surface area (Å²) in [4.78, 5) is 24.4. The van der Waals surface area contributed by atoms with Gasteiger partial charge in [-0.1, -0.05) is 24.3 Å². The Morgan fingerprint density at radius 2 is 1.86 bits per heavy atom. The molecule has 4 nitrogen and oxygen atoms in total. The molecule has 22 heavy (non-hydrogen) atoms. The number of para-hydroxylation sites is 1. The molecule has 1 heterocycles. The fraction of sp³-hybridized carbons (Fsp3) is 0.0588. The van der Waals surface area contributed by atoms with Crippen LogP contribution in [0.2, 0.25) is 0 Å². The van der Waals surface area contributed by atoms with Gasteiger partial charge < -0.3 is 9.88 Å². The lowest BCUT2D eigenvalue weighted by atomic mass is 10.1. The normalized spacial score (nSPS) is 10.6. The highest BCUT2D eigenvalue weighted by Crippen LogP contribution is 2.18. The minimum Gasteiger partial charge on any atom is -0.322 e. The monoisotopic (exact) mass is 296 g/mol. The Morgan fingerprint density at radius 3 is 2.64 bits per heavy atom. The van der Waals surface area contributed by atoms with Crippen LogP contribution in [-0.4, -0.2) is 10.5 Å². The summed E-state index contributed by atoms with van der Waals surface area (Å²) in [5, 5.41) is 3.28. The van der Waals surface area contributed by atoms with Crippen LogP contribution in [0, 0.1) is 5.82 Å². The van der Waals surface area contributed by atoms with Gasteiger partial charge in [0, 0.05) is 24.2 Å². The number of hydrogen-bond donors (Lipinski definition) is 1. The van der Waals surface area contributed by atoms with E-state index in [9.17, 15) is 14.0 Å². The maximum atomic E-state index is 13.2. The number of aryl methyl sites for hydroxylation is 1. The van der Waals surface area contributed by atoms with Gasteiger partial charge in [0.1, 0.15) is 5.82 Å². The van der Waals surface area contributed by atoms with Crippen molar-refractivity contribution in [1.29, 1.82) is 0 Å². The number of anilines is 1. The summed E-state index contributed by atoms with van der Waals surface area (Å²) in [5.74, 6) is -0.883. The molecule has 3 rings (SSSR count). The average molecular weight is 296 g/mol. The molecule has 0 spiro atoms. The average Bonchev–Trinajstić information content (AvgIpc) is 2.51. The number of amides is 1. The SMILES string of the molecule is Cn1c(=O)cc(C(=O)Nc2cccc(F)c2)c2ccccc21. The first-order chi connectivity index (χ1) is 10.6. The minimum atomic E-state index is -0.445. The van der Waals surface area contributed by atoms with E-state index in [4.69, 9.17) is 0 Å². The molecule has 0 unspecified atom stereocenters. The number of nitrogens with one attached hydrogen (secondary N) is 1. The zero-order valence-corrected chi connectivity index (χ0v) is 11.8. The molecule has 0 saturated carbocycles. The number of halogens is 1. The quantitative estimate of drug-likeness (QED) is 0.790.